The molecule has 0 fully saturated rings. The van der Waals surface area contributed by atoms with E-state index in [2.05, 4.69) is 5.32 Å². The number of methoxy groups -OCH3 is 1. The highest BCUT2D eigenvalue weighted by Crippen LogP contribution is 2.32. The highest BCUT2D eigenvalue weighted by atomic mass is 35.5. The second-order valence-corrected chi connectivity index (χ2v) is 4.33. The van der Waals surface area contributed by atoms with Gasteiger partial charge >= 0.3 is 0 Å². The van der Waals surface area contributed by atoms with Gasteiger partial charge in [0.05, 0.1) is 19.4 Å². The Morgan fingerprint density at radius 2 is 2.22 bits per heavy atom. The van der Waals surface area contributed by atoms with Crippen molar-refractivity contribution in [2.24, 2.45) is 0 Å². The normalized spacial score (nSPS) is 12.4. The number of benzene rings is 1. The van der Waals surface area contributed by atoms with Crippen LogP contribution in [-0.4, -0.2) is 13.7 Å². The van der Waals surface area contributed by atoms with E-state index in [1.54, 1.807) is 13.4 Å². The minimum atomic E-state index is -0.0568. The van der Waals surface area contributed by atoms with Gasteiger partial charge in [-0.2, -0.15) is 0 Å². The maximum atomic E-state index is 6.07. The fraction of sp³-hybridized carbons (Fsp3) is 0.286. The van der Waals surface area contributed by atoms with Gasteiger partial charge in [0.1, 0.15) is 11.5 Å². The fourth-order valence-corrected chi connectivity index (χ4v) is 2.13. The van der Waals surface area contributed by atoms with Crippen molar-refractivity contribution in [3.8, 4) is 5.75 Å². The molecule has 4 heteroatoms. The van der Waals surface area contributed by atoms with Gasteiger partial charge in [0.25, 0.3) is 0 Å². The minimum Gasteiger partial charge on any atom is -0.496 e. The average Bonchev–Trinajstić information content (AvgIpc) is 2.89. The summed E-state index contributed by atoms with van der Waals surface area (Å²) in [4.78, 5) is 0. The number of furan rings is 1. The first kappa shape index (κ1) is 13.0. The van der Waals surface area contributed by atoms with Gasteiger partial charge in [0.2, 0.25) is 0 Å². The van der Waals surface area contributed by atoms with E-state index in [-0.39, 0.29) is 6.04 Å². The lowest BCUT2D eigenvalue weighted by molar-refractivity contribution is 0.394. The molecule has 3 nitrogen and oxygen atoms in total. The number of nitrogens with one attached hydrogen (secondary N) is 1. The first-order chi connectivity index (χ1) is 8.76. The van der Waals surface area contributed by atoms with Gasteiger partial charge in [-0.3, -0.25) is 0 Å². The second-order valence-electron chi connectivity index (χ2n) is 3.89. The van der Waals surface area contributed by atoms with Crippen LogP contribution in [0.5, 0.6) is 5.75 Å². The minimum absolute atomic E-state index is 0.0568. The molecule has 1 unspecified atom stereocenters. The molecule has 2 aromatic rings. The predicted octanol–water partition coefficient (Wildman–Crippen LogP) is 3.64. The lowest BCUT2D eigenvalue weighted by Crippen LogP contribution is -2.22. The number of rotatable bonds is 5. The van der Waals surface area contributed by atoms with Crippen molar-refractivity contribution in [1.82, 2.24) is 5.32 Å². The van der Waals surface area contributed by atoms with E-state index in [1.165, 1.54) is 0 Å². The van der Waals surface area contributed by atoms with Gasteiger partial charge in [-0.25, -0.2) is 0 Å². The monoisotopic (exact) mass is 265 g/mol. The Labute approximate surface area is 112 Å². The van der Waals surface area contributed by atoms with E-state index in [1.807, 2.05) is 37.3 Å². The Hall–Kier alpha value is -1.45. The molecule has 1 aromatic heterocycles. The van der Waals surface area contributed by atoms with E-state index in [0.29, 0.717) is 5.02 Å². The summed E-state index contributed by atoms with van der Waals surface area (Å²) < 4.78 is 10.9. The van der Waals surface area contributed by atoms with Gasteiger partial charge in [-0.15, -0.1) is 0 Å². The Bertz CT molecular complexity index is 497. The van der Waals surface area contributed by atoms with Crippen LogP contribution in [0.25, 0.3) is 0 Å². The summed E-state index contributed by atoms with van der Waals surface area (Å²) in [6.45, 7) is 2.87. The third-order valence-corrected chi connectivity index (χ3v) is 2.97. The summed E-state index contributed by atoms with van der Waals surface area (Å²) in [5, 5.41) is 4.05. The molecule has 0 bridgehead atoms. The van der Waals surface area contributed by atoms with E-state index < -0.39 is 0 Å². The second kappa shape index (κ2) is 5.94. The zero-order valence-corrected chi connectivity index (χ0v) is 11.2. The van der Waals surface area contributed by atoms with Crippen LogP contribution in [0.2, 0.25) is 5.02 Å². The third-order valence-electron chi connectivity index (χ3n) is 2.74. The predicted molar refractivity (Wildman–Crippen MR) is 72.2 cm³/mol. The molecular weight excluding hydrogens is 250 g/mol. The lowest BCUT2D eigenvalue weighted by Gasteiger charge is -2.19. The molecule has 18 heavy (non-hydrogen) atoms. The smallest absolute Gasteiger partial charge is 0.125 e. The van der Waals surface area contributed by atoms with Crippen LogP contribution in [0.15, 0.2) is 41.0 Å². The molecule has 2 rings (SSSR count). The lowest BCUT2D eigenvalue weighted by atomic mass is 10.0. The van der Waals surface area contributed by atoms with Crippen molar-refractivity contribution in [2.75, 3.05) is 13.7 Å². The Balaban J connectivity index is 2.45. The largest absolute Gasteiger partial charge is 0.496 e. The maximum absolute atomic E-state index is 6.07. The highest BCUT2D eigenvalue weighted by molar-refractivity contribution is 6.30. The van der Waals surface area contributed by atoms with Crippen LogP contribution in [0, 0.1) is 0 Å². The molecule has 1 N–H and O–H groups in total. The molecule has 0 aliphatic heterocycles. The first-order valence-corrected chi connectivity index (χ1v) is 6.24. The van der Waals surface area contributed by atoms with Crippen LogP contribution in [0.3, 0.4) is 0 Å². The average molecular weight is 266 g/mol. The number of ether oxygens (including phenoxy) is 1. The van der Waals surface area contributed by atoms with Gasteiger partial charge in [0, 0.05) is 10.6 Å². The molecule has 0 spiro atoms. The third kappa shape index (κ3) is 2.68. The molecule has 96 valence electrons. The Morgan fingerprint density at radius 3 is 2.83 bits per heavy atom. The topological polar surface area (TPSA) is 34.4 Å². The molecule has 0 saturated heterocycles. The summed E-state index contributed by atoms with van der Waals surface area (Å²) in [6, 6.07) is 9.33. The molecule has 0 aliphatic carbocycles. The first-order valence-electron chi connectivity index (χ1n) is 5.86. The number of hydrogen-bond donors (Lipinski definition) is 1. The van der Waals surface area contributed by atoms with Crippen LogP contribution in [0.1, 0.15) is 24.3 Å². The van der Waals surface area contributed by atoms with Gasteiger partial charge in [-0.1, -0.05) is 18.5 Å². The highest BCUT2D eigenvalue weighted by Gasteiger charge is 2.20. The van der Waals surface area contributed by atoms with Crippen molar-refractivity contribution in [3.05, 3.63) is 52.9 Å². The summed E-state index contributed by atoms with van der Waals surface area (Å²) in [5.74, 6) is 1.64. The van der Waals surface area contributed by atoms with Crippen molar-refractivity contribution < 1.29 is 9.15 Å². The Kier molecular flexibility index (Phi) is 4.28. The van der Waals surface area contributed by atoms with Gasteiger partial charge in [0.15, 0.2) is 0 Å². The molecule has 0 radical (unpaired) electrons. The quantitative estimate of drug-likeness (QED) is 0.896. The van der Waals surface area contributed by atoms with Crippen molar-refractivity contribution in [2.45, 2.75) is 13.0 Å². The standard InChI is InChI=1S/C14H16ClNO2/c1-3-16-14(13-5-4-8-18-13)11-9-10(15)6-7-12(11)17-2/h4-9,14,16H,3H2,1-2H3. The SMILES string of the molecule is CCNC(c1ccco1)c1cc(Cl)ccc1OC. The summed E-state index contributed by atoms with van der Waals surface area (Å²) in [5.41, 5.74) is 0.974. The van der Waals surface area contributed by atoms with E-state index in [0.717, 1.165) is 23.6 Å². The van der Waals surface area contributed by atoms with Crippen LogP contribution >= 0.6 is 11.6 Å². The molecule has 1 aromatic carbocycles. The van der Waals surface area contributed by atoms with Gasteiger partial charge < -0.3 is 14.5 Å². The van der Waals surface area contributed by atoms with Crippen LogP contribution in [0.4, 0.5) is 0 Å². The van der Waals surface area contributed by atoms with E-state index in [9.17, 15) is 0 Å². The van der Waals surface area contributed by atoms with Crippen molar-refractivity contribution in [1.29, 1.82) is 0 Å². The molecule has 1 atom stereocenters. The van der Waals surface area contributed by atoms with Crippen LogP contribution in [-0.2, 0) is 0 Å². The number of hydrogen-bond acceptors (Lipinski definition) is 3. The van der Waals surface area contributed by atoms with Crippen molar-refractivity contribution in [3.63, 3.8) is 0 Å². The van der Waals surface area contributed by atoms with Gasteiger partial charge in [-0.05, 0) is 36.9 Å². The molecule has 0 aliphatic rings. The maximum Gasteiger partial charge on any atom is 0.125 e. The zero-order chi connectivity index (χ0) is 13.0. The molecule has 1 heterocycles. The van der Waals surface area contributed by atoms with E-state index >= 15 is 0 Å². The van der Waals surface area contributed by atoms with E-state index in [4.69, 9.17) is 20.8 Å². The van der Waals surface area contributed by atoms with Crippen LogP contribution < -0.4 is 10.1 Å². The fourth-order valence-electron chi connectivity index (χ4n) is 1.95. The molecule has 0 amide bonds. The number of halogens is 1. The van der Waals surface area contributed by atoms with Crippen molar-refractivity contribution >= 4 is 11.6 Å². The summed E-state index contributed by atoms with van der Waals surface area (Å²) in [7, 11) is 1.65. The Morgan fingerprint density at radius 1 is 1.39 bits per heavy atom. The summed E-state index contributed by atoms with van der Waals surface area (Å²) >= 11 is 6.07. The molecular formula is C14H16ClNO2. The zero-order valence-electron chi connectivity index (χ0n) is 10.4. The molecule has 0 saturated carbocycles. The summed E-state index contributed by atoms with van der Waals surface area (Å²) in [6.07, 6.45) is 1.66.